The molecule has 2 aromatic heterocycles. The van der Waals surface area contributed by atoms with Gasteiger partial charge < -0.3 is 9.84 Å². The highest BCUT2D eigenvalue weighted by atomic mass is 32.1. The quantitative estimate of drug-likeness (QED) is 0.568. The van der Waals surface area contributed by atoms with E-state index in [0.29, 0.717) is 16.3 Å². The molecule has 0 bridgehead atoms. The highest BCUT2D eigenvalue weighted by Crippen LogP contribution is 2.26. The number of thiophene rings is 1. The molecular weight excluding hydrogens is 320 g/mol. The number of aromatic amines is 1. The van der Waals surface area contributed by atoms with Crippen molar-refractivity contribution >= 4 is 29.8 Å². The number of nitrogens with one attached hydrogen (secondary N) is 1. The summed E-state index contributed by atoms with van der Waals surface area (Å²) in [6.45, 7) is 0. The maximum atomic E-state index is 9.78. The van der Waals surface area contributed by atoms with Gasteiger partial charge in [-0.1, -0.05) is 6.07 Å². The first-order valence-corrected chi connectivity index (χ1v) is 7.60. The second-order valence-corrected chi connectivity index (χ2v) is 5.65. The summed E-state index contributed by atoms with van der Waals surface area (Å²) in [5.41, 5.74) is 0.721. The number of aromatic nitrogens is 3. The van der Waals surface area contributed by atoms with Crippen molar-refractivity contribution in [3.8, 4) is 22.2 Å². The Morgan fingerprint density at radius 2 is 2.32 bits per heavy atom. The smallest absolute Gasteiger partial charge is 0.216 e. The van der Waals surface area contributed by atoms with Crippen molar-refractivity contribution in [2.45, 2.75) is 0 Å². The van der Waals surface area contributed by atoms with E-state index in [1.54, 1.807) is 40.4 Å². The van der Waals surface area contributed by atoms with Gasteiger partial charge in [-0.3, -0.25) is 0 Å². The van der Waals surface area contributed by atoms with Gasteiger partial charge in [0.05, 0.1) is 18.2 Å². The molecule has 3 rings (SSSR count). The third kappa shape index (κ3) is 2.78. The molecule has 0 amide bonds. The van der Waals surface area contributed by atoms with E-state index in [-0.39, 0.29) is 5.75 Å². The number of rotatable bonds is 4. The number of ether oxygens (including phenoxy) is 1. The van der Waals surface area contributed by atoms with Crippen LogP contribution in [0.5, 0.6) is 11.5 Å². The summed E-state index contributed by atoms with van der Waals surface area (Å²) in [6.07, 6.45) is 1.60. The Balaban J connectivity index is 1.95. The van der Waals surface area contributed by atoms with Crippen molar-refractivity contribution in [2.75, 3.05) is 7.11 Å². The summed E-state index contributed by atoms with van der Waals surface area (Å²) in [7, 11) is 1.50. The van der Waals surface area contributed by atoms with Gasteiger partial charge in [-0.25, -0.2) is 5.10 Å². The zero-order chi connectivity index (χ0) is 15.5. The number of hydrogen-bond acceptors (Lipinski definition) is 6. The SMILES string of the molecule is COc1ccc(/C=N\n2c(-c3cccs3)n[nH]c2=S)cc1O. The van der Waals surface area contributed by atoms with E-state index in [0.717, 1.165) is 10.4 Å². The van der Waals surface area contributed by atoms with Gasteiger partial charge in [0, 0.05) is 0 Å². The molecular formula is C14H12N4O2S2. The highest BCUT2D eigenvalue weighted by Gasteiger charge is 2.08. The lowest BCUT2D eigenvalue weighted by atomic mass is 10.2. The molecule has 0 atom stereocenters. The Hall–Kier alpha value is -2.45. The first kappa shape index (κ1) is 14.5. The van der Waals surface area contributed by atoms with E-state index in [2.05, 4.69) is 15.3 Å². The average molecular weight is 332 g/mol. The summed E-state index contributed by atoms with van der Waals surface area (Å²) in [5, 5.41) is 23.0. The number of phenolic OH excluding ortho intramolecular Hbond substituents is 1. The van der Waals surface area contributed by atoms with Crippen molar-refractivity contribution in [3.05, 3.63) is 46.0 Å². The van der Waals surface area contributed by atoms with Crippen molar-refractivity contribution in [1.82, 2.24) is 14.9 Å². The molecule has 2 N–H and O–H groups in total. The van der Waals surface area contributed by atoms with Gasteiger partial charge in [0.25, 0.3) is 0 Å². The van der Waals surface area contributed by atoms with Crippen molar-refractivity contribution in [2.24, 2.45) is 5.10 Å². The van der Waals surface area contributed by atoms with Crippen LogP contribution in [0.15, 0.2) is 40.8 Å². The summed E-state index contributed by atoms with van der Waals surface area (Å²) in [5.74, 6) is 1.12. The van der Waals surface area contributed by atoms with Gasteiger partial charge in [0.2, 0.25) is 4.77 Å². The van der Waals surface area contributed by atoms with E-state index in [9.17, 15) is 5.11 Å². The Bertz CT molecular complexity index is 865. The van der Waals surface area contributed by atoms with E-state index in [1.165, 1.54) is 7.11 Å². The van der Waals surface area contributed by atoms with Gasteiger partial charge >= 0.3 is 0 Å². The van der Waals surface area contributed by atoms with Gasteiger partial charge in [-0.15, -0.1) is 11.3 Å². The Morgan fingerprint density at radius 1 is 1.45 bits per heavy atom. The molecule has 2 heterocycles. The van der Waals surface area contributed by atoms with E-state index in [4.69, 9.17) is 17.0 Å². The Kier molecular flexibility index (Phi) is 4.03. The predicted molar refractivity (Wildman–Crippen MR) is 88.4 cm³/mol. The van der Waals surface area contributed by atoms with Gasteiger partial charge in [-0.05, 0) is 47.4 Å². The first-order valence-electron chi connectivity index (χ1n) is 6.31. The number of nitrogens with zero attached hydrogens (tertiary/aromatic N) is 3. The summed E-state index contributed by atoms with van der Waals surface area (Å²) in [4.78, 5) is 0.960. The molecule has 0 aliphatic heterocycles. The van der Waals surface area contributed by atoms with Gasteiger partial charge in [0.15, 0.2) is 17.3 Å². The second kappa shape index (κ2) is 6.12. The summed E-state index contributed by atoms with van der Waals surface area (Å²) < 4.78 is 6.95. The number of H-pyrrole nitrogens is 1. The molecule has 0 fully saturated rings. The minimum Gasteiger partial charge on any atom is -0.504 e. The summed E-state index contributed by atoms with van der Waals surface area (Å²) in [6, 6.07) is 8.91. The van der Waals surface area contributed by atoms with Crippen molar-refractivity contribution in [1.29, 1.82) is 0 Å². The van der Waals surface area contributed by atoms with Crippen LogP contribution in [0, 0.1) is 4.77 Å². The van der Waals surface area contributed by atoms with Crippen LogP contribution in [0.4, 0.5) is 0 Å². The lowest BCUT2D eigenvalue weighted by Crippen LogP contribution is -1.94. The number of phenols is 1. The molecule has 8 heteroatoms. The highest BCUT2D eigenvalue weighted by molar-refractivity contribution is 7.71. The lowest BCUT2D eigenvalue weighted by Gasteiger charge is -2.03. The monoisotopic (exact) mass is 332 g/mol. The number of aromatic hydroxyl groups is 1. The van der Waals surface area contributed by atoms with E-state index >= 15 is 0 Å². The second-order valence-electron chi connectivity index (χ2n) is 4.32. The normalized spacial score (nSPS) is 11.1. The number of benzene rings is 1. The molecule has 0 saturated heterocycles. The van der Waals surface area contributed by atoms with Crippen LogP contribution in [0.2, 0.25) is 0 Å². The minimum atomic E-state index is 0.0562. The Labute approximate surface area is 135 Å². The molecule has 0 aliphatic carbocycles. The number of hydrogen-bond donors (Lipinski definition) is 2. The van der Waals surface area contributed by atoms with Crippen LogP contribution in [-0.2, 0) is 0 Å². The standard InChI is InChI=1S/C14H12N4O2S2/c1-20-11-5-4-9(7-10(11)19)8-15-18-13(16-17-14(18)21)12-3-2-6-22-12/h2-8,19H,1H3,(H,17,21)/b15-8-. The average Bonchev–Trinajstić information content (AvgIpc) is 3.15. The molecule has 0 unspecified atom stereocenters. The fourth-order valence-corrected chi connectivity index (χ4v) is 2.75. The minimum absolute atomic E-state index is 0.0562. The third-order valence-electron chi connectivity index (χ3n) is 2.92. The van der Waals surface area contributed by atoms with Crippen LogP contribution in [0.1, 0.15) is 5.56 Å². The molecule has 1 aromatic carbocycles. The van der Waals surface area contributed by atoms with E-state index < -0.39 is 0 Å². The third-order valence-corrected chi connectivity index (χ3v) is 4.05. The maximum Gasteiger partial charge on any atom is 0.216 e. The van der Waals surface area contributed by atoms with Crippen molar-refractivity contribution < 1.29 is 9.84 Å². The topological polar surface area (TPSA) is 75.4 Å². The predicted octanol–water partition coefficient (Wildman–Crippen LogP) is 3.27. The molecule has 3 aromatic rings. The molecule has 112 valence electrons. The van der Waals surface area contributed by atoms with Gasteiger partial charge in [0.1, 0.15) is 0 Å². The summed E-state index contributed by atoms with van der Waals surface area (Å²) >= 11 is 6.75. The van der Waals surface area contributed by atoms with Crippen LogP contribution >= 0.6 is 23.6 Å². The lowest BCUT2D eigenvalue weighted by molar-refractivity contribution is 0.373. The molecule has 0 radical (unpaired) electrons. The van der Waals surface area contributed by atoms with Crippen LogP contribution in [0.25, 0.3) is 10.7 Å². The van der Waals surface area contributed by atoms with Gasteiger partial charge in [-0.2, -0.15) is 14.9 Å². The maximum absolute atomic E-state index is 9.78. The zero-order valence-electron chi connectivity index (χ0n) is 11.6. The first-order chi connectivity index (χ1) is 10.7. The molecule has 0 aliphatic rings. The van der Waals surface area contributed by atoms with E-state index in [1.807, 2.05) is 17.5 Å². The van der Waals surface area contributed by atoms with Crippen LogP contribution < -0.4 is 4.74 Å². The fourth-order valence-electron chi connectivity index (χ4n) is 1.88. The molecule has 22 heavy (non-hydrogen) atoms. The Morgan fingerprint density at radius 3 is 3.00 bits per heavy atom. The van der Waals surface area contributed by atoms with Crippen LogP contribution in [0.3, 0.4) is 0 Å². The zero-order valence-corrected chi connectivity index (χ0v) is 13.2. The molecule has 0 spiro atoms. The fraction of sp³-hybridized carbons (Fsp3) is 0.0714. The molecule has 6 nitrogen and oxygen atoms in total. The largest absolute Gasteiger partial charge is 0.504 e. The molecule has 0 saturated carbocycles. The van der Waals surface area contributed by atoms with Crippen LogP contribution in [-0.4, -0.2) is 33.3 Å². The number of methoxy groups -OCH3 is 1. The van der Waals surface area contributed by atoms with Crippen molar-refractivity contribution in [3.63, 3.8) is 0 Å².